The van der Waals surface area contributed by atoms with Gasteiger partial charge in [-0.25, -0.2) is 0 Å². The number of hydrogen-bond acceptors (Lipinski definition) is 6. The van der Waals surface area contributed by atoms with Crippen LogP contribution in [0.2, 0.25) is 0 Å². The molecule has 0 saturated heterocycles. The molecule has 3 rings (SSSR count). The summed E-state index contributed by atoms with van der Waals surface area (Å²) in [4.78, 5) is 12.4. The van der Waals surface area contributed by atoms with Gasteiger partial charge in [0.15, 0.2) is 17.3 Å². The fourth-order valence-electron chi connectivity index (χ4n) is 2.79. The molecule has 0 fully saturated rings. The van der Waals surface area contributed by atoms with Crippen molar-refractivity contribution < 1.29 is 24.1 Å². The summed E-state index contributed by atoms with van der Waals surface area (Å²) in [6.45, 7) is 5.99. The van der Waals surface area contributed by atoms with Gasteiger partial charge in [0.1, 0.15) is 18.5 Å². The molecule has 1 heterocycles. The summed E-state index contributed by atoms with van der Waals surface area (Å²) >= 11 is 0. The lowest BCUT2D eigenvalue weighted by Crippen LogP contribution is -2.33. The summed E-state index contributed by atoms with van der Waals surface area (Å²) in [5.74, 6) is 2.44. The van der Waals surface area contributed by atoms with Gasteiger partial charge in [0.2, 0.25) is 6.79 Å². The van der Waals surface area contributed by atoms with Crippen LogP contribution in [0.25, 0.3) is 6.08 Å². The van der Waals surface area contributed by atoms with Gasteiger partial charge in [-0.1, -0.05) is 26.0 Å². The average Bonchev–Trinajstić information content (AvgIpc) is 3.18. The fourth-order valence-corrected chi connectivity index (χ4v) is 2.79. The largest absolute Gasteiger partial charge is 0.491 e. The zero-order valence-electron chi connectivity index (χ0n) is 16.8. The van der Waals surface area contributed by atoms with Crippen LogP contribution in [0.15, 0.2) is 48.5 Å². The van der Waals surface area contributed by atoms with E-state index in [2.05, 4.69) is 19.2 Å². The molecule has 0 saturated carbocycles. The molecule has 2 N–H and O–H groups in total. The maximum absolute atomic E-state index is 12.4. The first-order valence-electron chi connectivity index (χ1n) is 9.75. The SMILES string of the molecule is CC(C)CNCC(O)COc1ccc(C(=O)C=Cc2ccc3c(c2)OCO3)cc1. The summed E-state index contributed by atoms with van der Waals surface area (Å²) in [5.41, 5.74) is 1.43. The first kappa shape index (κ1) is 20.9. The van der Waals surface area contributed by atoms with Crippen LogP contribution in [-0.2, 0) is 0 Å². The normalized spacial score (nSPS) is 13.8. The van der Waals surface area contributed by atoms with Crippen LogP contribution in [0.5, 0.6) is 17.2 Å². The van der Waals surface area contributed by atoms with Gasteiger partial charge in [-0.2, -0.15) is 0 Å². The molecular weight excluding hydrogens is 370 g/mol. The zero-order valence-corrected chi connectivity index (χ0v) is 16.8. The Balaban J connectivity index is 1.48. The van der Waals surface area contributed by atoms with E-state index in [0.29, 0.717) is 35.3 Å². The number of fused-ring (bicyclic) bond motifs is 1. The van der Waals surface area contributed by atoms with Crippen LogP contribution in [-0.4, -0.2) is 43.5 Å². The molecule has 1 unspecified atom stereocenters. The van der Waals surface area contributed by atoms with Crippen molar-refractivity contribution in [2.24, 2.45) is 5.92 Å². The minimum absolute atomic E-state index is 0.105. The summed E-state index contributed by atoms with van der Waals surface area (Å²) in [6.07, 6.45) is 2.69. The van der Waals surface area contributed by atoms with Crippen LogP contribution >= 0.6 is 0 Å². The second kappa shape index (κ2) is 10.1. The minimum atomic E-state index is -0.584. The second-order valence-corrected chi connectivity index (χ2v) is 7.35. The molecule has 2 aromatic rings. The number of nitrogens with one attached hydrogen (secondary N) is 1. The van der Waals surface area contributed by atoms with E-state index in [9.17, 15) is 9.90 Å². The van der Waals surface area contributed by atoms with E-state index < -0.39 is 6.10 Å². The summed E-state index contributed by atoms with van der Waals surface area (Å²) in [6, 6.07) is 12.4. The number of carbonyl (C=O) groups excluding carboxylic acids is 1. The molecule has 154 valence electrons. The van der Waals surface area contributed by atoms with E-state index in [4.69, 9.17) is 14.2 Å². The Morgan fingerprint density at radius 1 is 1.14 bits per heavy atom. The van der Waals surface area contributed by atoms with Gasteiger partial charge in [-0.15, -0.1) is 0 Å². The summed E-state index contributed by atoms with van der Waals surface area (Å²) in [5, 5.41) is 13.1. The van der Waals surface area contributed by atoms with Gasteiger partial charge in [0.25, 0.3) is 0 Å². The number of rotatable bonds is 10. The number of hydrogen-bond donors (Lipinski definition) is 2. The van der Waals surface area contributed by atoms with E-state index in [-0.39, 0.29) is 19.2 Å². The van der Waals surface area contributed by atoms with Gasteiger partial charge in [-0.05, 0) is 60.5 Å². The lowest BCUT2D eigenvalue weighted by molar-refractivity contribution is 0.104. The number of allylic oxidation sites excluding steroid dienone is 1. The van der Waals surface area contributed by atoms with Crippen molar-refractivity contribution >= 4 is 11.9 Å². The predicted molar refractivity (Wildman–Crippen MR) is 112 cm³/mol. The monoisotopic (exact) mass is 397 g/mol. The molecule has 0 bridgehead atoms. The van der Waals surface area contributed by atoms with E-state index in [1.807, 2.05) is 18.2 Å². The summed E-state index contributed by atoms with van der Waals surface area (Å²) in [7, 11) is 0. The van der Waals surface area contributed by atoms with Crippen molar-refractivity contribution in [3.05, 3.63) is 59.7 Å². The van der Waals surface area contributed by atoms with Crippen LogP contribution in [0.3, 0.4) is 0 Å². The maximum Gasteiger partial charge on any atom is 0.231 e. The van der Waals surface area contributed by atoms with E-state index in [1.165, 1.54) is 6.08 Å². The number of benzene rings is 2. The molecule has 0 aromatic heterocycles. The molecule has 1 aliphatic heterocycles. The average molecular weight is 397 g/mol. The Kier molecular flexibility index (Phi) is 7.27. The molecule has 1 aliphatic rings. The molecule has 1 atom stereocenters. The Labute approximate surface area is 171 Å². The number of ether oxygens (including phenoxy) is 3. The maximum atomic E-state index is 12.4. The molecule has 2 aromatic carbocycles. The quantitative estimate of drug-likeness (QED) is 0.473. The van der Waals surface area contributed by atoms with Crippen LogP contribution in [0, 0.1) is 5.92 Å². The van der Waals surface area contributed by atoms with Crippen molar-refractivity contribution in [3.63, 3.8) is 0 Å². The third-order valence-electron chi connectivity index (χ3n) is 4.34. The third-order valence-corrected chi connectivity index (χ3v) is 4.34. The number of ketones is 1. The second-order valence-electron chi connectivity index (χ2n) is 7.35. The van der Waals surface area contributed by atoms with Crippen LogP contribution in [0.1, 0.15) is 29.8 Å². The highest BCUT2D eigenvalue weighted by Gasteiger charge is 2.12. The minimum Gasteiger partial charge on any atom is -0.491 e. The Morgan fingerprint density at radius 2 is 1.90 bits per heavy atom. The number of aliphatic hydroxyl groups excluding tert-OH is 1. The van der Waals surface area contributed by atoms with Crippen molar-refractivity contribution in [1.29, 1.82) is 0 Å². The molecule has 0 aliphatic carbocycles. The van der Waals surface area contributed by atoms with Crippen LogP contribution in [0.4, 0.5) is 0 Å². The predicted octanol–water partition coefficient (Wildman–Crippen LogP) is 3.30. The van der Waals surface area contributed by atoms with Crippen LogP contribution < -0.4 is 19.5 Å². The van der Waals surface area contributed by atoms with Gasteiger partial charge < -0.3 is 24.6 Å². The van der Waals surface area contributed by atoms with Crippen molar-refractivity contribution in [2.45, 2.75) is 20.0 Å². The highest BCUT2D eigenvalue weighted by atomic mass is 16.7. The van der Waals surface area contributed by atoms with Crippen molar-refractivity contribution in [1.82, 2.24) is 5.32 Å². The van der Waals surface area contributed by atoms with Crippen molar-refractivity contribution in [3.8, 4) is 17.2 Å². The van der Waals surface area contributed by atoms with Gasteiger partial charge in [0, 0.05) is 12.1 Å². The molecule has 0 radical (unpaired) electrons. The first-order chi connectivity index (χ1) is 14.0. The Morgan fingerprint density at radius 3 is 2.66 bits per heavy atom. The number of aliphatic hydroxyl groups is 1. The standard InChI is InChI=1S/C23H27NO5/c1-16(2)12-24-13-19(25)14-27-20-7-5-18(6-8-20)21(26)9-3-17-4-10-22-23(11-17)29-15-28-22/h3-11,16,19,24-25H,12-15H2,1-2H3. The fraction of sp³-hybridized carbons (Fsp3) is 0.348. The molecule has 6 heteroatoms. The smallest absolute Gasteiger partial charge is 0.231 e. The van der Waals surface area contributed by atoms with Gasteiger partial charge in [-0.3, -0.25) is 4.79 Å². The van der Waals surface area contributed by atoms with E-state index in [1.54, 1.807) is 30.3 Å². The number of carbonyl (C=O) groups is 1. The van der Waals surface area contributed by atoms with Gasteiger partial charge in [0.05, 0.1) is 0 Å². The molecule has 0 spiro atoms. The highest BCUT2D eigenvalue weighted by molar-refractivity contribution is 6.06. The van der Waals surface area contributed by atoms with Gasteiger partial charge >= 0.3 is 0 Å². The molecular formula is C23H27NO5. The van der Waals surface area contributed by atoms with Crippen molar-refractivity contribution in [2.75, 3.05) is 26.5 Å². The topological polar surface area (TPSA) is 77.0 Å². The lowest BCUT2D eigenvalue weighted by atomic mass is 10.1. The summed E-state index contributed by atoms with van der Waals surface area (Å²) < 4.78 is 16.2. The Bertz CT molecular complexity index is 845. The Hall–Kier alpha value is -2.83. The van der Waals surface area contributed by atoms with E-state index >= 15 is 0 Å². The molecule has 0 amide bonds. The molecule has 6 nitrogen and oxygen atoms in total. The molecule has 29 heavy (non-hydrogen) atoms. The lowest BCUT2D eigenvalue weighted by Gasteiger charge is -2.14. The zero-order chi connectivity index (χ0) is 20.6. The van der Waals surface area contributed by atoms with E-state index in [0.717, 1.165) is 12.1 Å². The third kappa shape index (κ3) is 6.34. The first-order valence-corrected chi connectivity index (χ1v) is 9.75. The highest BCUT2D eigenvalue weighted by Crippen LogP contribution is 2.32.